The normalized spacial score (nSPS) is 20.3. The number of nitrogens with zero attached hydrogens (tertiary/aromatic N) is 2. The summed E-state index contributed by atoms with van der Waals surface area (Å²) in [6.07, 6.45) is 3.17. The fourth-order valence-electron chi connectivity index (χ4n) is 2.00. The van der Waals surface area contributed by atoms with Gasteiger partial charge in [-0.15, -0.1) is 0 Å². The zero-order valence-corrected chi connectivity index (χ0v) is 11.7. The number of nitrogens with two attached hydrogens (primary N) is 1. The van der Waals surface area contributed by atoms with Crippen LogP contribution >= 0.6 is 0 Å². The molecule has 0 radical (unpaired) electrons. The summed E-state index contributed by atoms with van der Waals surface area (Å²) >= 11 is 0. The zero-order chi connectivity index (χ0) is 14.3. The third-order valence-electron chi connectivity index (χ3n) is 3.90. The highest BCUT2D eigenvalue weighted by molar-refractivity contribution is 6.63. The molecule has 2 heterocycles. The molecule has 5 nitrogen and oxygen atoms in total. The highest BCUT2D eigenvalue weighted by Gasteiger charge is 2.52. The quantitative estimate of drug-likeness (QED) is 0.791. The number of pyridine rings is 1. The number of nitriles is 1. The molecule has 0 amide bonds. The number of rotatable bonds is 2. The lowest BCUT2D eigenvalue weighted by Gasteiger charge is -2.32. The summed E-state index contributed by atoms with van der Waals surface area (Å²) in [5.41, 5.74) is 6.74. The molecule has 0 bridgehead atoms. The van der Waals surface area contributed by atoms with E-state index in [0.717, 1.165) is 5.56 Å². The van der Waals surface area contributed by atoms with Crippen molar-refractivity contribution < 1.29 is 9.31 Å². The number of hydrogen-bond donors (Lipinski definition) is 1. The number of hydrogen-bond acceptors (Lipinski definition) is 5. The van der Waals surface area contributed by atoms with Crippen molar-refractivity contribution in [3.8, 4) is 6.07 Å². The third kappa shape index (κ3) is 2.25. The van der Waals surface area contributed by atoms with Crippen LogP contribution in [0.15, 0.2) is 12.4 Å². The Kier molecular flexibility index (Phi) is 3.39. The Labute approximate surface area is 113 Å². The van der Waals surface area contributed by atoms with E-state index in [1.165, 1.54) is 6.20 Å². The van der Waals surface area contributed by atoms with Crippen LogP contribution in [0, 0.1) is 11.3 Å². The molecule has 2 rings (SSSR count). The minimum absolute atomic E-state index is 0.294. The van der Waals surface area contributed by atoms with Gasteiger partial charge in [-0.3, -0.25) is 4.98 Å². The van der Waals surface area contributed by atoms with Gasteiger partial charge in [0, 0.05) is 24.4 Å². The molecule has 0 saturated carbocycles. The topological polar surface area (TPSA) is 81.2 Å². The first-order valence-corrected chi connectivity index (χ1v) is 6.25. The van der Waals surface area contributed by atoms with Gasteiger partial charge in [-0.25, -0.2) is 0 Å². The first-order valence-electron chi connectivity index (χ1n) is 6.25. The molecular weight excluding hydrogens is 241 g/mol. The lowest BCUT2D eigenvalue weighted by molar-refractivity contribution is 0.00578. The summed E-state index contributed by atoms with van der Waals surface area (Å²) in [5.74, 6) is 0. The van der Waals surface area contributed by atoms with Crippen LogP contribution in [0.4, 0.5) is 0 Å². The van der Waals surface area contributed by atoms with Gasteiger partial charge in [0.05, 0.1) is 16.8 Å². The molecule has 1 aromatic heterocycles. The smallest absolute Gasteiger partial charge is 0.399 e. The van der Waals surface area contributed by atoms with Crippen LogP contribution in [0.5, 0.6) is 0 Å². The van der Waals surface area contributed by atoms with Crippen molar-refractivity contribution in [1.29, 1.82) is 5.26 Å². The SMILES string of the molecule is CC1(C)OB(c2c(C#N)cncc2CN)OC1(C)C. The van der Waals surface area contributed by atoms with Crippen LogP contribution in [0.1, 0.15) is 38.8 Å². The molecule has 6 heteroatoms. The molecule has 0 unspecified atom stereocenters. The van der Waals surface area contributed by atoms with E-state index >= 15 is 0 Å². The third-order valence-corrected chi connectivity index (χ3v) is 3.90. The minimum atomic E-state index is -0.582. The van der Waals surface area contributed by atoms with Gasteiger partial charge < -0.3 is 15.0 Å². The second-order valence-corrected chi connectivity index (χ2v) is 5.66. The molecule has 1 saturated heterocycles. The second kappa shape index (κ2) is 4.60. The van der Waals surface area contributed by atoms with Gasteiger partial charge in [0.1, 0.15) is 6.07 Å². The molecule has 1 aliphatic rings. The molecule has 2 N–H and O–H groups in total. The van der Waals surface area contributed by atoms with E-state index in [1.807, 2.05) is 27.7 Å². The standard InChI is InChI=1S/C13H18BN3O2/c1-12(2)13(3,4)19-14(18-12)11-9(5-15)7-17-8-10(11)6-16/h7-8H,5,15H2,1-4H3. The van der Waals surface area contributed by atoms with Gasteiger partial charge in [-0.1, -0.05) is 0 Å². The van der Waals surface area contributed by atoms with E-state index in [9.17, 15) is 5.26 Å². The Morgan fingerprint density at radius 2 is 1.84 bits per heavy atom. The van der Waals surface area contributed by atoms with Gasteiger partial charge in [0.15, 0.2) is 0 Å². The Balaban J connectivity index is 2.48. The Hall–Kier alpha value is -1.42. The molecule has 1 fully saturated rings. The van der Waals surface area contributed by atoms with E-state index in [4.69, 9.17) is 15.0 Å². The number of aromatic nitrogens is 1. The molecule has 0 spiro atoms. The van der Waals surface area contributed by atoms with E-state index in [1.54, 1.807) is 6.20 Å². The largest absolute Gasteiger partial charge is 0.496 e. The summed E-state index contributed by atoms with van der Waals surface area (Å²) in [5, 5.41) is 9.22. The van der Waals surface area contributed by atoms with E-state index < -0.39 is 18.3 Å². The first-order chi connectivity index (χ1) is 8.82. The van der Waals surface area contributed by atoms with Gasteiger partial charge in [0.25, 0.3) is 0 Å². The summed E-state index contributed by atoms with van der Waals surface area (Å²) in [6.45, 7) is 8.19. The van der Waals surface area contributed by atoms with Crippen LogP contribution in [0.2, 0.25) is 0 Å². The molecule has 100 valence electrons. The van der Waals surface area contributed by atoms with Crippen molar-refractivity contribution in [3.05, 3.63) is 23.5 Å². The molecule has 1 aromatic rings. The van der Waals surface area contributed by atoms with Crippen molar-refractivity contribution in [2.75, 3.05) is 0 Å². The zero-order valence-electron chi connectivity index (χ0n) is 11.7. The highest BCUT2D eigenvalue weighted by atomic mass is 16.7. The van der Waals surface area contributed by atoms with Crippen molar-refractivity contribution >= 4 is 12.6 Å². The van der Waals surface area contributed by atoms with E-state index in [0.29, 0.717) is 17.6 Å². The fraction of sp³-hybridized carbons (Fsp3) is 0.538. The summed E-state index contributed by atoms with van der Waals surface area (Å²) in [4.78, 5) is 4.02. The molecule has 0 aliphatic carbocycles. The summed E-state index contributed by atoms with van der Waals surface area (Å²) < 4.78 is 12.0. The van der Waals surface area contributed by atoms with Crippen molar-refractivity contribution in [3.63, 3.8) is 0 Å². The van der Waals surface area contributed by atoms with Gasteiger partial charge in [-0.2, -0.15) is 5.26 Å². The molecule has 1 aliphatic heterocycles. The second-order valence-electron chi connectivity index (χ2n) is 5.66. The first kappa shape index (κ1) is 14.0. The van der Waals surface area contributed by atoms with Gasteiger partial charge >= 0.3 is 7.12 Å². The molecular formula is C13H18BN3O2. The van der Waals surface area contributed by atoms with E-state index in [2.05, 4.69) is 11.1 Å². The maximum atomic E-state index is 9.22. The van der Waals surface area contributed by atoms with Crippen LogP contribution in [0.3, 0.4) is 0 Å². The lowest BCUT2D eigenvalue weighted by Crippen LogP contribution is -2.41. The Morgan fingerprint density at radius 3 is 2.32 bits per heavy atom. The predicted octanol–water partition coefficient (Wildman–Crippen LogP) is 0.711. The average Bonchev–Trinajstić information content (AvgIpc) is 2.57. The minimum Gasteiger partial charge on any atom is -0.399 e. The fourth-order valence-corrected chi connectivity index (χ4v) is 2.00. The monoisotopic (exact) mass is 259 g/mol. The van der Waals surface area contributed by atoms with Crippen LogP contribution in [-0.2, 0) is 15.9 Å². The highest BCUT2D eigenvalue weighted by Crippen LogP contribution is 2.36. The lowest BCUT2D eigenvalue weighted by atomic mass is 9.74. The molecule has 19 heavy (non-hydrogen) atoms. The Bertz CT molecular complexity index is 521. The maximum absolute atomic E-state index is 9.22. The van der Waals surface area contributed by atoms with E-state index in [-0.39, 0.29) is 0 Å². The summed E-state index contributed by atoms with van der Waals surface area (Å²) in [7, 11) is -0.582. The van der Waals surface area contributed by atoms with Crippen molar-refractivity contribution in [2.45, 2.75) is 45.4 Å². The predicted molar refractivity (Wildman–Crippen MR) is 72.6 cm³/mol. The summed E-state index contributed by atoms with van der Waals surface area (Å²) in [6, 6.07) is 2.12. The van der Waals surface area contributed by atoms with Gasteiger partial charge in [0.2, 0.25) is 0 Å². The molecule has 0 atom stereocenters. The average molecular weight is 259 g/mol. The Morgan fingerprint density at radius 1 is 1.26 bits per heavy atom. The van der Waals surface area contributed by atoms with Crippen LogP contribution in [0.25, 0.3) is 0 Å². The van der Waals surface area contributed by atoms with Crippen molar-refractivity contribution in [1.82, 2.24) is 4.98 Å². The van der Waals surface area contributed by atoms with Crippen LogP contribution in [-0.4, -0.2) is 23.3 Å². The molecule has 0 aromatic carbocycles. The van der Waals surface area contributed by atoms with Crippen LogP contribution < -0.4 is 11.2 Å². The van der Waals surface area contributed by atoms with Crippen molar-refractivity contribution in [2.24, 2.45) is 5.73 Å². The van der Waals surface area contributed by atoms with Gasteiger partial charge in [-0.05, 0) is 33.3 Å². The maximum Gasteiger partial charge on any atom is 0.496 e.